The average molecular weight is 452 g/mol. The number of benzene rings is 2. The standard InChI is InChI=1S/C21H22N2O8.Na/c22-21(29)23-12-7-3-1-5-10(12)9-14(11-6-2-4-8-13(11)23)30-20-17(26)15(24)16(25)18(31-20)19(27)28;/h1-8,14-18,20,24-26H,9H2,(H2,22,29)(H,27,28);/q;+1/p-1/t14-,15-,16-,17+,18-,20+;/m0./s1. The molecule has 6 atom stereocenters. The molecule has 11 heteroatoms. The van der Waals surface area contributed by atoms with Gasteiger partial charge >= 0.3 is 35.6 Å². The van der Waals surface area contributed by atoms with Crippen LogP contribution in [0, 0.1) is 0 Å². The summed E-state index contributed by atoms with van der Waals surface area (Å²) in [7, 11) is 0. The Kier molecular flexibility index (Phi) is 7.58. The molecule has 2 aliphatic rings. The van der Waals surface area contributed by atoms with Gasteiger partial charge in [-0.05, 0) is 17.7 Å². The van der Waals surface area contributed by atoms with Crippen LogP contribution in [0.1, 0.15) is 17.2 Å². The van der Waals surface area contributed by atoms with Gasteiger partial charge in [0.1, 0.15) is 24.4 Å². The maximum atomic E-state index is 12.3. The number of hydrogen-bond donors (Lipinski definition) is 4. The van der Waals surface area contributed by atoms with Gasteiger partial charge in [0.25, 0.3) is 0 Å². The maximum absolute atomic E-state index is 12.3. The molecule has 2 amide bonds. The number of carbonyl (C=O) groups is 2. The third kappa shape index (κ3) is 4.41. The number of amides is 2. The minimum Gasteiger partial charge on any atom is -0.547 e. The molecule has 32 heavy (non-hydrogen) atoms. The fraction of sp³-hybridized carbons (Fsp3) is 0.333. The smallest absolute Gasteiger partial charge is 0.547 e. The number of rotatable bonds is 3. The van der Waals surface area contributed by atoms with E-state index in [1.807, 2.05) is 0 Å². The maximum Gasteiger partial charge on any atom is 1.00 e. The number of fused-ring (bicyclic) bond motifs is 2. The molecule has 10 nitrogen and oxygen atoms in total. The number of ether oxygens (including phenoxy) is 2. The van der Waals surface area contributed by atoms with Crippen LogP contribution in [-0.4, -0.2) is 58.0 Å². The first-order chi connectivity index (χ1) is 14.8. The number of aliphatic hydroxyl groups excluding tert-OH is 3. The van der Waals surface area contributed by atoms with Gasteiger partial charge in [-0.3, -0.25) is 4.90 Å². The second-order valence-corrected chi connectivity index (χ2v) is 7.41. The second-order valence-electron chi connectivity index (χ2n) is 7.41. The first-order valence-corrected chi connectivity index (χ1v) is 9.62. The van der Waals surface area contributed by atoms with Crippen molar-refractivity contribution < 1.29 is 69.0 Å². The topological polar surface area (TPSA) is 166 Å². The molecule has 2 aromatic carbocycles. The predicted molar refractivity (Wildman–Crippen MR) is 104 cm³/mol. The molecule has 5 N–H and O–H groups in total. The third-order valence-corrected chi connectivity index (χ3v) is 5.48. The van der Waals surface area contributed by atoms with E-state index in [4.69, 9.17) is 15.2 Å². The van der Waals surface area contributed by atoms with Crippen molar-refractivity contribution in [2.75, 3.05) is 4.90 Å². The molecule has 0 saturated carbocycles. The van der Waals surface area contributed by atoms with Crippen molar-refractivity contribution in [3.63, 3.8) is 0 Å². The number of carboxylic acids is 1. The molecular formula is C21H21N2NaO8. The van der Waals surface area contributed by atoms with E-state index in [-0.39, 0.29) is 36.0 Å². The first kappa shape index (κ1) is 24.6. The van der Waals surface area contributed by atoms with Crippen LogP contribution in [0.4, 0.5) is 16.2 Å². The minimum absolute atomic E-state index is 0. The van der Waals surface area contributed by atoms with E-state index in [9.17, 15) is 30.0 Å². The van der Waals surface area contributed by atoms with Crippen LogP contribution in [0.15, 0.2) is 48.5 Å². The summed E-state index contributed by atoms with van der Waals surface area (Å²) >= 11 is 0. The van der Waals surface area contributed by atoms with Crippen LogP contribution in [-0.2, 0) is 20.7 Å². The van der Waals surface area contributed by atoms with E-state index in [1.54, 1.807) is 48.5 Å². The van der Waals surface area contributed by atoms with E-state index < -0.39 is 48.8 Å². The number of carboxylic acid groups (broad SMARTS) is 1. The molecule has 1 saturated heterocycles. The molecule has 0 spiro atoms. The Morgan fingerprint density at radius 3 is 2.28 bits per heavy atom. The van der Waals surface area contributed by atoms with Crippen LogP contribution >= 0.6 is 0 Å². The molecule has 2 aromatic rings. The van der Waals surface area contributed by atoms with Crippen molar-refractivity contribution in [2.45, 2.75) is 43.2 Å². The number of aliphatic carboxylic acids is 1. The van der Waals surface area contributed by atoms with E-state index in [1.165, 1.54) is 4.90 Å². The molecule has 2 heterocycles. The van der Waals surface area contributed by atoms with Crippen molar-refractivity contribution in [1.29, 1.82) is 0 Å². The van der Waals surface area contributed by atoms with Crippen LogP contribution in [0.25, 0.3) is 0 Å². The summed E-state index contributed by atoms with van der Waals surface area (Å²) in [5, 5.41) is 41.6. The summed E-state index contributed by atoms with van der Waals surface area (Å²) in [6.45, 7) is 0. The van der Waals surface area contributed by atoms with E-state index in [0.717, 1.165) is 0 Å². The zero-order valence-corrected chi connectivity index (χ0v) is 19.2. The van der Waals surface area contributed by atoms with Gasteiger partial charge in [-0.2, -0.15) is 0 Å². The molecule has 4 rings (SSSR count). The predicted octanol–water partition coefficient (Wildman–Crippen LogP) is -3.92. The Morgan fingerprint density at radius 1 is 1.00 bits per heavy atom. The summed E-state index contributed by atoms with van der Waals surface area (Å²) < 4.78 is 11.1. The molecule has 0 bridgehead atoms. The molecule has 164 valence electrons. The minimum atomic E-state index is -1.89. The number of nitrogens with two attached hydrogens (primary N) is 1. The number of primary amides is 1. The van der Waals surface area contributed by atoms with Gasteiger partial charge in [0, 0.05) is 12.0 Å². The molecule has 0 radical (unpaired) electrons. The van der Waals surface area contributed by atoms with E-state index in [2.05, 4.69) is 0 Å². The van der Waals surface area contributed by atoms with Gasteiger partial charge in [-0.15, -0.1) is 0 Å². The van der Waals surface area contributed by atoms with Crippen molar-refractivity contribution in [2.24, 2.45) is 5.73 Å². The zero-order valence-electron chi connectivity index (χ0n) is 17.2. The van der Waals surface area contributed by atoms with E-state index >= 15 is 0 Å². The molecule has 0 aromatic heterocycles. The Morgan fingerprint density at radius 2 is 1.62 bits per heavy atom. The van der Waals surface area contributed by atoms with E-state index in [0.29, 0.717) is 22.5 Å². The Labute approximate surface area is 205 Å². The van der Waals surface area contributed by atoms with Crippen molar-refractivity contribution in [1.82, 2.24) is 0 Å². The molecule has 1 fully saturated rings. The summed E-state index contributed by atoms with van der Waals surface area (Å²) in [5.74, 6) is -1.75. The summed E-state index contributed by atoms with van der Waals surface area (Å²) in [6, 6.07) is 13.2. The van der Waals surface area contributed by atoms with Gasteiger partial charge in [-0.25, -0.2) is 4.79 Å². The molecular weight excluding hydrogens is 431 g/mol. The fourth-order valence-electron chi connectivity index (χ4n) is 3.98. The monoisotopic (exact) mass is 452 g/mol. The quantitative estimate of drug-likeness (QED) is 0.343. The normalized spacial score (nSPS) is 29.2. The fourth-order valence-corrected chi connectivity index (χ4v) is 3.98. The Bertz CT molecular complexity index is 1010. The summed E-state index contributed by atoms with van der Waals surface area (Å²) in [6.07, 6.45) is -9.46. The van der Waals surface area contributed by atoms with Crippen LogP contribution in [0.5, 0.6) is 0 Å². The number of urea groups is 1. The van der Waals surface area contributed by atoms with Crippen molar-refractivity contribution in [3.8, 4) is 0 Å². The number of hydrogen-bond acceptors (Lipinski definition) is 8. The van der Waals surface area contributed by atoms with Gasteiger partial charge in [0.05, 0.1) is 23.4 Å². The van der Waals surface area contributed by atoms with Crippen LogP contribution in [0.2, 0.25) is 0 Å². The molecule has 2 aliphatic heterocycles. The Balaban J connectivity index is 0.00000289. The van der Waals surface area contributed by atoms with Gasteiger partial charge in [0.15, 0.2) is 6.29 Å². The number of carbonyl (C=O) groups excluding carboxylic acids is 2. The number of aliphatic hydroxyl groups is 3. The number of para-hydroxylation sites is 2. The Hall–Kier alpha value is -2.02. The molecule has 0 aliphatic carbocycles. The number of nitrogens with zero attached hydrogens (tertiary/aromatic N) is 1. The summed E-state index contributed by atoms with van der Waals surface area (Å²) in [5.41, 5.74) is 7.91. The SMILES string of the molecule is NC(=O)N1c2ccccc2C[C@H](O[C@@H]2O[C@H](C(=O)[O-])[C@@H](O)[C@H](O)[C@H]2O)c2ccccc21.[Na+]. The van der Waals surface area contributed by atoms with Crippen molar-refractivity contribution in [3.05, 3.63) is 59.7 Å². The largest absolute Gasteiger partial charge is 1.00 e. The van der Waals surface area contributed by atoms with Crippen LogP contribution in [0.3, 0.4) is 0 Å². The average Bonchev–Trinajstić information content (AvgIpc) is 2.88. The van der Waals surface area contributed by atoms with Gasteiger partial charge in [0.2, 0.25) is 0 Å². The first-order valence-electron chi connectivity index (χ1n) is 9.62. The second kappa shape index (κ2) is 9.86. The third-order valence-electron chi connectivity index (χ3n) is 5.48. The number of anilines is 2. The van der Waals surface area contributed by atoms with Crippen LogP contribution < -0.4 is 45.3 Å². The zero-order chi connectivity index (χ0) is 22.3. The molecule has 0 unspecified atom stereocenters. The van der Waals surface area contributed by atoms with Gasteiger partial charge < -0.3 is 40.4 Å². The van der Waals surface area contributed by atoms with Crippen molar-refractivity contribution >= 4 is 23.4 Å². The summed E-state index contributed by atoms with van der Waals surface area (Å²) in [4.78, 5) is 24.9. The van der Waals surface area contributed by atoms with Gasteiger partial charge in [-0.1, -0.05) is 36.4 Å².